The molecule has 4 nitrogen and oxygen atoms in total. The molecule has 0 aliphatic rings. The molecule has 1 unspecified atom stereocenters. The van der Waals surface area contributed by atoms with Gasteiger partial charge in [0.2, 0.25) is 0 Å². The molecule has 0 bridgehead atoms. The quantitative estimate of drug-likeness (QED) is 0.602. The molecule has 1 aromatic carbocycles. The van der Waals surface area contributed by atoms with Gasteiger partial charge in [0.05, 0.1) is 20.3 Å². The topological polar surface area (TPSA) is 39.7 Å². The minimum atomic E-state index is 0.479. The van der Waals surface area contributed by atoms with Gasteiger partial charge in [-0.1, -0.05) is 12.1 Å². The Labute approximate surface area is 128 Å². The summed E-state index contributed by atoms with van der Waals surface area (Å²) in [5.74, 6) is 0.910. The van der Waals surface area contributed by atoms with Crippen LogP contribution in [0.5, 0.6) is 5.75 Å². The van der Waals surface area contributed by atoms with Crippen molar-refractivity contribution < 1.29 is 14.2 Å². The molecule has 1 N–H and O–H groups in total. The number of rotatable bonds is 12. The van der Waals surface area contributed by atoms with Crippen molar-refractivity contribution in [1.29, 1.82) is 0 Å². The molecule has 0 saturated heterocycles. The molecule has 21 heavy (non-hydrogen) atoms. The molecule has 0 aliphatic heterocycles. The smallest absolute Gasteiger partial charge is 0.118 e. The fraction of sp³-hybridized carbons (Fsp3) is 0.647. The number of unbranched alkanes of at least 4 members (excludes halogenated alkanes) is 1. The lowest BCUT2D eigenvalue weighted by Gasteiger charge is -2.14. The van der Waals surface area contributed by atoms with Crippen LogP contribution in [0.4, 0.5) is 0 Å². The Morgan fingerprint density at radius 3 is 2.43 bits per heavy atom. The predicted molar refractivity (Wildman–Crippen MR) is 86.1 cm³/mol. The third-order valence-corrected chi connectivity index (χ3v) is 3.34. The molecule has 0 amide bonds. The van der Waals surface area contributed by atoms with Crippen LogP contribution in [-0.4, -0.2) is 46.6 Å². The zero-order valence-corrected chi connectivity index (χ0v) is 13.6. The van der Waals surface area contributed by atoms with E-state index in [1.807, 2.05) is 12.1 Å². The molecule has 1 rings (SSSR count). The van der Waals surface area contributed by atoms with Crippen LogP contribution in [0, 0.1) is 0 Å². The molecule has 120 valence electrons. The summed E-state index contributed by atoms with van der Waals surface area (Å²) in [6.07, 6.45) is 3.26. The van der Waals surface area contributed by atoms with Crippen molar-refractivity contribution in [3.05, 3.63) is 29.8 Å². The van der Waals surface area contributed by atoms with E-state index < -0.39 is 0 Å². The summed E-state index contributed by atoms with van der Waals surface area (Å²) in [7, 11) is 3.38. The van der Waals surface area contributed by atoms with Crippen molar-refractivity contribution in [1.82, 2.24) is 5.32 Å². The fourth-order valence-corrected chi connectivity index (χ4v) is 2.11. The molecule has 1 aromatic rings. The second-order valence-corrected chi connectivity index (χ2v) is 5.22. The lowest BCUT2D eigenvalue weighted by molar-refractivity contribution is 0.0687. The summed E-state index contributed by atoms with van der Waals surface area (Å²) in [5, 5.41) is 3.55. The number of benzene rings is 1. The SMILES string of the molecule is COCCOCCCCNC(C)Cc1ccc(OC)cc1. The van der Waals surface area contributed by atoms with E-state index in [4.69, 9.17) is 14.2 Å². The van der Waals surface area contributed by atoms with Crippen molar-refractivity contribution in [2.45, 2.75) is 32.2 Å². The minimum Gasteiger partial charge on any atom is -0.497 e. The van der Waals surface area contributed by atoms with E-state index >= 15 is 0 Å². The zero-order chi connectivity index (χ0) is 15.3. The molecule has 0 heterocycles. The summed E-state index contributed by atoms with van der Waals surface area (Å²) in [6.45, 7) is 5.44. The van der Waals surface area contributed by atoms with E-state index in [1.165, 1.54) is 5.56 Å². The van der Waals surface area contributed by atoms with E-state index in [0.29, 0.717) is 19.3 Å². The highest BCUT2D eigenvalue weighted by atomic mass is 16.5. The molecule has 4 heteroatoms. The molecule has 1 atom stereocenters. The van der Waals surface area contributed by atoms with Gasteiger partial charge in [0, 0.05) is 19.8 Å². The molecular weight excluding hydrogens is 266 g/mol. The van der Waals surface area contributed by atoms with Crippen LogP contribution < -0.4 is 10.1 Å². The van der Waals surface area contributed by atoms with Crippen LogP contribution in [0.1, 0.15) is 25.3 Å². The first-order valence-corrected chi connectivity index (χ1v) is 7.69. The first-order chi connectivity index (χ1) is 10.3. The third-order valence-electron chi connectivity index (χ3n) is 3.34. The van der Waals surface area contributed by atoms with E-state index in [9.17, 15) is 0 Å². The van der Waals surface area contributed by atoms with E-state index in [0.717, 1.165) is 38.2 Å². The van der Waals surface area contributed by atoms with Gasteiger partial charge in [-0.15, -0.1) is 0 Å². The van der Waals surface area contributed by atoms with Crippen molar-refractivity contribution in [3.8, 4) is 5.75 Å². The molecule has 0 aromatic heterocycles. The first-order valence-electron chi connectivity index (χ1n) is 7.69. The Balaban J connectivity index is 2.04. The molecule has 0 saturated carbocycles. The summed E-state index contributed by atoms with van der Waals surface area (Å²) in [4.78, 5) is 0. The van der Waals surface area contributed by atoms with Gasteiger partial charge < -0.3 is 19.5 Å². The highest BCUT2D eigenvalue weighted by Gasteiger charge is 2.03. The lowest BCUT2D eigenvalue weighted by Crippen LogP contribution is -2.29. The fourth-order valence-electron chi connectivity index (χ4n) is 2.11. The normalized spacial score (nSPS) is 12.3. The number of nitrogens with one attached hydrogen (secondary N) is 1. The Kier molecular flexibility index (Phi) is 9.87. The van der Waals surface area contributed by atoms with Crippen molar-refractivity contribution in [2.24, 2.45) is 0 Å². The molecule has 0 aliphatic carbocycles. The number of methoxy groups -OCH3 is 2. The lowest BCUT2D eigenvalue weighted by atomic mass is 10.1. The summed E-state index contributed by atoms with van der Waals surface area (Å²) < 4.78 is 15.5. The minimum absolute atomic E-state index is 0.479. The molecule has 0 fully saturated rings. The first kappa shape index (κ1) is 18.0. The average Bonchev–Trinajstić information content (AvgIpc) is 2.50. The average molecular weight is 295 g/mol. The summed E-state index contributed by atoms with van der Waals surface area (Å²) in [6, 6.07) is 8.76. The second kappa shape index (κ2) is 11.5. The predicted octanol–water partition coefficient (Wildman–Crippen LogP) is 2.66. The number of hydrogen-bond donors (Lipinski definition) is 1. The van der Waals surface area contributed by atoms with Crippen LogP contribution in [-0.2, 0) is 15.9 Å². The van der Waals surface area contributed by atoms with Crippen LogP contribution in [0.3, 0.4) is 0 Å². The Hall–Kier alpha value is -1.10. The van der Waals surface area contributed by atoms with Gasteiger partial charge in [-0.25, -0.2) is 0 Å². The molecular formula is C17H29NO3. The van der Waals surface area contributed by atoms with Gasteiger partial charge in [0.1, 0.15) is 5.75 Å². The van der Waals surface area contributed by atoms with Crippen LogP contribution in [0.25, 0.3) is 0 Å². The monoisotopic (exact) mass is 295 g/mol. The summed E-state index contributed by atoms with van der Waals surface area (Å²) >= 11 is 0. The van der Waals surface area contributed by atoms with Gasteiger partial charge in [0.15, 0.2) is 0 Å². The van der Waals surface area contributed by atoms with Gasteiger partial charge in [-0.3, -0.25) is 0 Å². The van der Waals surface area contributed by atoms with Crippen LogP contribution in [0.2, 0.25) is 0 Å². The maximum absolute atomic E-state index is 5.43. The van der Waals surface area contributed by atoms with Crippen molar-refractivity contribution in [2.75, 3.05) is 40.6 Å². The van der Waals surface area contributed by atoms with Crippen molar-refractivity contribution >= 4 is 0 Å². The van der Waals surface area contributed by atoms with Crippen molar-refractivity contribution in [3.63, 3.8) is 0 Å². The van der Waals surface area contributed by atoms with Gasteiger partial charge >= 0.3 is 0 Å². The van der Waals surface area contributed by atoms with E-state index in [1.54, 1.807) is 14.2 Å². The maximum Gasteiger partial charge on any atom is 0.118 e. The third kappa shape index (κ3) is 8.71. The van der Waals surface area contributed by atoms with Gasteiger partial charge in [0.25, 0.3) is 0 Å². The largest absolute Gasteiger partial charge is 0.497 e. The Bertz CT molecular complexity index is 354. The van der Waals surface area contributed by atoms with Gasteiger partial charge in [-0.2, -0.15) is 0 Å². The second-order valence-electron chi connectivity index (χ2n) is 5.22. The molecule has 0 spiro atoms. The number of hydrogen-bond acceptors (Lipinski definition) is 4. The van der Waals surface area contributed by atoms with E-state index in [-0.39, 0.29) is 0 Å². The maximum atomic E-state index is 5.43. The Morgan fingerprint density at radius 2 is 1.76 bits per heavy atom. The van der Waals surface area contributed by atoms with E-state index in [2.05, 4.69) is 24.4 Å². The highest BCUT2D eigenvalue weighted by Crippen LogP contribution is 2.12. The van der Waals surface area contributed by atoms with Crippen LogP contribution >= 0.6 is 0 Å². The molecule has 0 radical (unpaired) electrons. The standard InChI is InChI=1S/C17H29NO3/c1-15(14-16-6-8-17(20-3)9-7-16)18-10-4-5-11-21-13-12-19-2/h6-9,15,18H,4-5,10-14H2,1-3H3. The van der Waals surface area contributed by atoms with Gasteiger partial charge in [-0.05, 0) is 50.4 Å². The van der Waals surface area contributed by atoms with Crippen LogP contribution in [0.15, 0.2) is 24.3 Å². The summed E-state index contributed by atoms with van der Waals surface area (Å²) in [5.41, 5.74) is 1.33. The highest BCUT2D eigenvalue weighted by molar-refractivity contribution is 5.27. The Morgan fingerprint density at radius 1 is 1.00 bits per heavy atom. The number of ether oxygens (including phenoxy) is 3. The zero-order valence-electron chi connectivity index (χ0n) is 13.6.